The number of hydrogen-bond acceptors (Lipinski definition) is 3. The van der Waals surface area contributed by atoms with Crippen LogP contribution in [0.3, 0.4) is 0 Å². The molecule has 0 saturated heterocycles. The van der Waals surface area contributed by atoms with E-state index in [0.717, 1.165) is 18.9 Å². The molecule has 0 atom stereocenters. The van der Waals surface area contributed by atoms with Crippen molar-refractivity contribution in [3.63, 3.8) is 0 Å². The maximum Gasteiger partial charge on any atom is 0.328 e. The monoisotopic (exact) mass is 274 g/mol. The van der Waals surface area contributed by atoms with E-state index in [1.807, 2.05) is 13.8 Å². The molecule has 0 aromatic carbocycles. The lowest BCUT2D eigenvalue weighted by Crippen LogP contribution is -2.45. The lowest BCUT2D eigenvalue weighted by molar-refractivity contribution is -0.131. The number of carbonyl (C=O) groups is 2. The van der Waals surface area contributed by atoms with Crippen LogP contribution in [0.4, 0.5) is 0 Å². The van der Waals surface area contributed by atoms with Crippen molar-refractivity contribution in [3.8, 4) is 0 Å². The van der Waals surface area contributed by atoms with Crippen LogP contribution in [-0.4, -0.2) is 27.5 Å². The number of carboxylic acids is 1. The van der Waals surface area contributed by atoms with Gasteiger partial charge in [0, 0.05) is 35.1 Å². The molecular formula is C15H18N2O3. The number of aromatic nitrogens is 1. The predicted molar refractivity (Wildman–Crippen MR) is 75.2 cm³/mol. The number of pyridine rings is 1. The Hall–Kier alpha value is -2.17. The molecule has 0 spiro atoms. The van der Waals surface area contributed by atoms with Crippen LogP contribution in [0.15, 0.2) is 24.5 Å². The van der Waals surface area contributed by atoms with Crippen molar-refractivity contribution < 1.29 is 14.7 Å². The van der Waals surface area contributed by atoms with E-state index >= 15 is 0 Å². The summed E-state index contributed by atoms with van der Waals surface area (Å²) in [4.78, 5) is 26.8. The summed E-state index contributed by atoms with van der Waals surface area (Å²) in [7, 11) is 0. The number of carboxylic acid groups (broad SMARTS) is 1. The van der Waals surface area contributed by atoms with Crippen molar-refractivity contribution in [1.29, 1.82) is 0 Å². The molecule has 5 nitrogen and oxygen atoms in total. The molecule has 20 heavy (non-hydrogen) atoms. The minimum atomic E-state index is -1.06. The lowest BCUT2D eigenvalue weighted by atomic mass is 9.97. The molecule has 0 bridgehead atoms. The van der Waals surface area contributed by atoms with Gasteiger partial charge >= 0.3 is 5.97 Å². The van der Waals surface area contributed by atoms with Crippen LogP contribution in [0.25, 0.3) is 6.08 Å². The quantitative estimate of drug-likeness (QED) is 0.806. The van der Waals surface area contributed by atoms with E-state index in [2.05, 4.69) is 10.3 Å². The van der Waals surface area contributed by atoms with E-state index in [1.54, 1.807) is 6.07 Å². The number of rotatable bonds is 5. The molecule has 0 unspecified atom stereocenters. The highest BCUT2D eigenvalue weighted by atomic mass is 16.4. The zero-order valence-corrected chi connectivity index (χ0v) is 11.6. The predicted octanol–water partition coefficient (Wildman–Crippen LogP) is 2.10. The third-order valence-corrected chi connectivity index (χ3v) is 3.54. The maximum absolute atomic E-state index is 12.3. The van der Waals surface area contributed by atoms with E-state index in [-0.39, 0.29) is 11.4 Å². The molecule has 1 amide bonds. The van der Waals surface area contributed by atoms with Gasteiger partial charge in [-0.25, -0.2) is 4.79 Å². The summed E-state index contributed by atoms with van der Waals surface area (Å²) in [5.74, 6) is -0.737. The summed E-state index contributed by atoms with van der Waals surface area (Å²) in [5.41, 5.74) is 0.693. The number of hydrogen-bond donors (Lipinski definition) is 2. The largest absolute Gasteiger partial charge is 0.478 e. The smallest absolute Gasteiger partial charge is 0.328 e. The van der Waals surface area contributed by atoms with Crippen LogP contribution in [0.1, 0.15) is 42.6 Å². The standard InChI is InChI=1S/C15H18N2O3/c1-15(2,11-4-5-11)17-14(20)12-7-8-16-9-10(12)3-6-13(18)19/h3,6-9,11H,4-5H2,1-2H3,(H,17,20)(H,18,19)/b6-3+. The van der Waals surface area contributed by atoms with Crippen LogP contribution in [-0.2, 0) is 4.79 Å². The number of nitrogens with one attached hydrogen (secondary N) is 1. The molecule has 1 aromatic rings. The zero-order chi connectivity index (χ0) is 14.8. The summed E-state index contributed by atoms with van der Waals surface area (Å²) in [6.07, 6.45) is 7.66. The Labute approximate surface area is 117 Å². The minimum Gasteiger partial charge on any atom is -0.478 e. The van der Waals surface area contributed by atoms with Crippen LogP contribution in [0, 0.1) is 5.92 Å². The summed E-state index contributed by atoms with van der Waals surface area (Å²) < 4.78 is 0. The lowest BCUT2D eigenvalue weighted by Gasteiger charge is -2.26. The number of amides is 1. The molecule has 106 valence electrons. The Kier molecular flexibility index (Phi) is 3.88. The number of carbonyl (C=O) groups excluding carboxylic acids is 1. The Morgan fingerprint density at radius 1 is 1.45 bits per heavy atom. The molecule has 5 heteroatoms. The molecule has 1 heterocycles. The van der Waals surface area contributed by atoms with Crippen LogP contribution >= 0.6 is 0 Å². The fraction of sp³-hybridized carbons (Fsp3) is 0.400. The van der Waals surface area contributed by atoms with Crippen LogP contribution in [0.5, 0.6) is 0 Å². The molecule has 1 aliphatic carbocycles. The van der Waals surface area contributed by atoms with Gasteiger partial charge in [0.05, 0.1) is 0 Å². The first kappa shape index (κ1) is 14.2. The molecule has 1 aromatic heterocycles. The number of nitrogens with zero attached hydrogens (tertiary/aromatic N) is 1. The third kappa shape index (κ3) is 3.44. The topological polar surface area (TPSA) is 79.3 Å². The van der Waals surface area contributed by atoms with Gasteiger partial charge in [0.1, 0.15) is 0 Å². The molecular weight excluding hydrogens is 256 g/mol. The second kappa shape index (κ2) is 5.45. The van der Waals surface area contributed by atoms with Gasteiger partial charge in [-0.05, 0) is 44.7 Å². The van der Waals surface area contributed by atoms with Gasteiger partial charge in [0.25, 0.3) is 5.91 Å². The van der Waals surface area contributed by atoms with E-state index in [4.69, 9.17) is 5.11 Å². The van der Waals surface area contributed by atoms with Gasteiger partial charge in [0.2, 0.25) is 0 Å². The highest BCUT2D eigenvalue weighted by Gasteiger charge is 2.38. The molecule has 1 aliphatic rings. The van der Waals surface area contributed by atoms with E-state index < -0.39 is 5.97 Å². The van der Waals surface area contributed by atoms with Crippen molar-refractivity contribution in [2.45, 2.75) is 32.2 Å². The van der Waals surface area contributed by atoms with Gasteiger partial charge in [-0.3, -0.25) is 9.78 Å². The minimum absolute atomic E-state index is 0.200. The van der Waals surface area contributed by atoms with Crippen molar-refractivity contribution in [2.75, 3.05) is 0 Å². The van der Waals surface area contributed by atoms with Gasteiger partial charge in [-0.15, -0.1) is 0 Å². The van der Waals surface area contributed by atoms with Crippen molar-refractivity contribution in [2.24, 2.45) is 5.92 Å². The molecule has 1 fully saturated rings. The molecule has 2 N–H and O–H groups in total. The van der Waals surface area contributed by atoms with Gasteiger partial charge in [0.15, 0.2) is 0 Å². The summed E-state index contributed by atoms with van der Waals surface area (Å²) >= 11 is 0. The second-order valence-corrected chi connectivity index (χ2v) is 5.58. The fourth-order valence-electron chi connectivity index (χ4n) is 2.17. The average molecular weight is 274 g/mol. The average Bonchev–Trinajstić information content (AvgIpc) is 3.20. The number of aliphatic carboxylic acids is 1. The highest BCUT2D eigenvalue weighted by Crippen LogP contribution is 2.39. The Bertz CT molecular complexity index is 560. The second-order valence-electron chi connectivity index (χ2n) is 5.58. The summed E-state index contributed by atoms with van der Waals surface area (Å²) in [6, 6.07) is 1.60. The maximum atomic E-state index is 12.3. The van der Waals surface area contributed by atoms with Crippen LogP contribution in [0.2, 0.25) is 0 Å². The van der Waals surface area contributed by atoms with Crippen molar-refractivity contribution in [3.05, 3.63) is 35.7 Å². The van der Waals surface area contributed by atoms with E-state index in [1.165, 1.54) is 18.5 Å². The first-order valence-electron chi connectivity index (χ1n) is 6.57. The van der Waals surface area contributed by atoms with Gasteiger partial charge in [-0.1, -0.05) is 0 Å². The van der Waals surface area contributed by atoms with E-state index in [9.17, 15) is 9.59 Å². The summed E-state index contributed by atoms with van der Waals surface area (Å²) in [6.45, 7) is 4.02. The normalized spacial score (nSPS) is 15.3. The summed E-state index contributed by atoms with van der Waals surface area (Å²) in [5, 5.41) is 11.7. The Morgan fingerprint density at radius 3 is 2.75 bits per heavy atom. The third-order valence-electron chi connectivity index (χ3n) is 3.54. The van der Waals surface area contributed by atoms with Gasteiger partial charge in [-0.2, -0.15) is 0 Å². The van der Waals surface area contributed by atoms with Crippen molar-refractivity contribution >= 4 is 18.0 Å². The molecule has 0 radical (unpaired) electrons. The van der Waals surface area contributed by atoms with Crippen LogP contribution < -0.4 is 5.32 Å². The first-order chi connectivity index (χ1) is 9.40. The fourth-order valence-corrected chi connectivity index (χ4v) is 2.17. The first-order valence-corrected chi connectivity index (χ1v) is 6.57. The highest BCUT2D eigenvalue weighted by molar-refractivity contribution is 5.99. The van der Waals surface area contributed by atoms with E-state index in [0.29, 0.717) is 17.0 Å². The van der Waals surface area contributed by atoms with Gasteiger partial charge < -0.3 is 10.4 Å². The van der Waals surface area contributed by atoms with Crippen molar-refractivity contribution in [1.82, 2.24) is 10.3 Å². The molecule has 2 rings (SSSR count). The SMILES string of the molecule is CC(C)(NC(=O)c1ccncc1/C=C/C(=O)O)C1CC1. The Balaban J connectivity index is 2.19. The Morgan fingerprint density at radius 2 is 2.15 bits per heavy atom. The molecule has 1 saturated carbocycles. The molecule has 0 aliphatic heterocycles. The zero-order valence-electron chi connectivity index (χ0n) is 11.6.